The SMILES string of the molecule is CC1=C2C(=O)C(=N)CCC2C2C1=CC(F)=CC2c1ccccc1. The van der Waals surface area contributed by atoms with Crippen LogP contribution in [0.25, 0.3) is 0 Å². The van der Waals surface area contributed by atoms with E-state index in [1.807, 2.05) is 37.3 Å². The first-order chi connectivity index (χ1) is 11.1. The average Bonchev–Trinajstić information content (AvgIpc) is 2.84. The molecule has 0 aromatic heterocycles. The van der Waals surface area contributed by atoms with E-state index in [2.05, 4.69) is 0 Å². The van der Waals surface area contributed by atoms with Gasteiger partial charge in [-0.05, 0) is 54.5 Å². The maximum Gasteiger partial charge on any atom is 0.203 e. The molecule has 1 aromatic carbocycles. The standard InChI is InChI=1S/C20H18FNO/c1-11-15-9-13(21)10-16(12-5-3-2-4-6-12)19(15)14-7-8-17(22)20(23)18(11)14/h2-6,9-10,14,16,19,22H,7-8H2,1H3. The number of hydrogen-bond acceptors (Lipinski definition) is 2. The van der Waals surface area contributed by atoms with Gasteiger partial charge in [-0.3, -0.25) is 4.79 Å². The average molecular weight is 307 g/mol. The number of Topliss-reactive ketones (excluding diaryl/α,β-unsaturated/α-hetero) is 1. The second kappa shape index (κ2) is 5.12. The van der Waals surface area contributed by atoms with E-state index in [-0.39, 0.29) is 35.1 Å². The van der Waals surface area contributed by atoms with E-state index >= 15 is 0 Å². The van der Waals surface area contributed by atoms with Crippen molar-refractivity contribution in [3.63, 3.8) is 0 Å². The van der Waals surface area contributed by atoms with E-state index < -0.39 is 0 Å². The summed E-state index contributed by atoms with van der Waals surface area (Å²) in [6.45, 7) is 1.91. The molecule has 3 aliphatic rings. The minimum absolute atomic E-state index is 0.0475. The van der Waals surface area contributed by atoms with Gasteiger partial charge in [-0.25, -0.2) is 4.39 Å². The lowest BCUT2D eigenvalue weighted by Crippen LogP contribution is -2.31. The molecule has 1 aromatic rings. The number of hydrogen-bond donors (Lipinski definition) is 1. The minimum atomic E-state index is -0.230. The second-order valence-corrected chi connectivity index (χ2v) is 6.61. The van der Waals surface area contributed by atoms with Crippen molar-refractivity contribution in [1.29, 1.82) is 5.41 Å². The van der Waals surface area contributed by atoms with Crippen molar-refractivity contribution in [2.24, 2.45) is 11.8 Å². The van der Waals surface area contributed by atoms with Crippen molar-refractivity contribution >= 4 is 11.5 Å². The van der Waals surface area contributed by atoms with Gasteiger partial charge in [0, 0.05) is 17.4 Å². The first-order valence-corrected chi connectivity index (χ1v) is 8.05. The molecule has 23 heavy (non-hydrogen) atoms. The molecule has 2 nitrogen and oxygen atoms in total. The van der Waals surface area contributed by atoms with Crippen molar-refractivity contribution in [2.45, 2.75) is 25.7 Å². The number of halogens is 1. The topological polar surface area (TPSA) is 40.9 Å². The Labute approximate surface area is 134 Å². The fourth-order valence-electron chi connectivity index (χ4n) is 4.42. The van der Waals surface area contributed by atoms with E-state index in [1.165, 1.54) is 0 Å². The highest BCUT2D eigenvalue weighted by atomic mass is 19.1. The first kappa shape index (κ1) is 14.3. The van der Waals surface area contributed by atoms with Gasteiger partial charge in [-0.15, -0.1) is 0 Å². The zero-order chi connectivity index (χ0) is 16.1. The molecule has 0 amide bonds. The van der Waals surface area contributed by atoms with Crippen LogP contribution in [0, 0.1) is 17.2 Å². The lowest BCUT2D eigenvalue weighted by atomic mass is 9.69. The van der Waals surface area contributed by atoms with E-state index in [0.29, 0.717) is 6.42 Å². The smallest absolute Gasteiger partial charge is 0.203 e. The molecule has 3 unspecified atom stereocenters. The molecule has 0 heterocycles. The monoisotopic (exact) mass is 307 g/mol. The molecule has 1 saturated carbocycles. The molecular weight excluding hydrogens is 289 g/mol. The maximum atomic E-state index is 14.2. The number of carbonyl (C=O) groups is 1. The lowest BCUT2D eigenvalue weighted by molar-refractivity contribution is -0.111. The normalized spacial score (nSPS) is 29.9. The lowest BCUT2D eigenvalue weighted by Gasteiger charge is -2.33. The summed E-state index contributed by atoms with van der Waals surface area (Å²) in [4.78, 5) is 12.5. The highest BCUT2D eigenvalue weighted by molar-refractivity contribution is 6.46. The quantitative estimate of drug-likeness (QED) is 0.815. The summed E-state index contributed by atoms with van der Waals surface area (Å²) in [5.41, 5.74) is 3.86. The molecule has 3 atom stereocenters. The summed E-state index contributed by atoms with van der Waals surface area (Å²) in [7, 11) is 0. The van der Waals surface area contributed by atoms with Gasteiger partial charge < -0.3 is 5.41 Å². The number of rotatable bonds is 1. The fourth-order valence-corrected chi connectivity index (χ4v) is 4.42. The van der Waals surface area contributed by atoms with Crippen LogP contribution >= 0.6 is 0 Å². The molecule has 3 aliphatic carbocycles. The van der Waals surface area contributed by atoms with Gasteiger partial charge in [-0.2, -0.15) is 0 Å². The largest absolute Gasteiger partial charge is 0.301 e. The third kappa shape index (κ3) is 2.07. The predicted molar refractivity (Wildman–Crippen MR) is 88.1 cm³/mol. The van der Waals surface area contributed by atoms with Gasteiger partial charge in [0.05, 0.1) is 5.71 Å². The fraction of sp³-hybridized carbons (Fsp3) is 0.300. The zero-order valence-electron chi connectivity index (χ0n) is 13.0. The Hall–Kier alpha value is -2.29. The third-order valence-corrected chi connectivity index (χ3v) is 5.43. The Morgan fingerprint density at radius 2 is 1.96 bits per heavy atom. The Kier molecular flexibility index (Phi) is 3.19. The van der Waals surface area contributed by atoms with Crippen molar-refractivity contribution in [3.8, 4) is 0 Å². The molecule has 0 radical (unpaired) electrons. The van der Waals surface area contributed by atoms with E-state index in [4.69, 9.17) is 5.41 Å². The molecule has 0 saturated heterocycles. The summed E-state index contributed by atoms with van der Waals surface area (Å²) >= 11 is 0. The molecule has 0 spiro atoms. The number of fused-ring (bicyclic) bond motifs is 3. The van der Waals surface area contributed by atoms with Crippen LogP contribution < -0.4 is 0 Å². The molecular formula is C20H18FNO. The van der Waals surface area contributed by atoms with Crippen LogP contribution in [0.3, 0.4) is 0 Å². The highest BCUT2D eigenvalue weighted by Gasteiger charge is 2.47. The summed E-state index contributed by atoms with van der Waals surface area (Å²) in [6, 6.07) is 9.95. The molecule has 0 aliphatic heterocycles. The molecule has 4 rings (SSSR count). The molecule has 116 valence electrons. The Morgan fingerprint density at radius 1 is 1.22 bits per heavy atom. The van der Waals surface area contributed by atoms with Crippen LogP contribution in [-0.2, 0) is 4.79 Å². The van der Waals surface area contributed by atoms with Gasteiger partial charge in [0.2, 0.25) is 5.78 Å². The van der Waals surface area contributed by atoms with Crippen molar-refractivity contribution in [3.05, 3.63) is 70.6 Å². The second-order valence-electron chi connectivity index (χ2n) is 6.61. The van der Waals surface area contributed by atoms with E-state index in [9.17, 15) is 9.18 Å². The van der Waals surface area contributed by atoms with Crippen LogP contribution in [-0.4, -0.2) is 11.5 Å². The zero-order valence-corrected chi connectivity index (χ0v) is 13.0. The Morgan fingerprint density at radius 3 is 2.70 bits per heavy atom. The number of allylic oxidation sites excluding steroid dienone is 6. The number of carbonyl (C=O) groups excluding carboxylic acids is 1. The van der Waals surface area contributed by atoms with Crippen LogP contribution in [0.2, 0.25) is 0 Å². The van der Waals surface area contributed by atoms with Crippen molar-refractivity contribution in [2.75, 3.05) is 0 Å². The molecule has 1 fully saturated rings. The summed E-state index contributed by atoms with van der Waals surface area (Å²) in [5.74, 6) is -0.192. The van der Waals surface area contributed by atoms with Crippen molar-refractivity contribution in [1.82, 2.24) is 0 Å². The number of benzene rings is 1. The van der Waals surface area contributed by atoms with E-state index in [1.54, 1.807) is 12.2 Å². The van der Waals surface area contributed by atoms with Crippen LogP contribution in [0.4, 0.5) is 4.39 Å². The van der Waals surface area contributed by atoms with Gasteiger partial charge in [-0.1, -0.05) is 30.3 Å². The van der Waals surface area contributed by atoms with Gasteiger partial charge in [0.1, 0.15) is 5.83 Å². The number of nitrogens with one attached hydrogen (secondary N) is 1. The maximum absolute atomic E-state index is 14.2. The number of ketones is 1. The summed E-state index contributed by atoms with van der Waals surface area (Å²) < 4.78 is 14.2. The minimum Gasteiger partial charge on any atom is -0.301 e. The predicted octanol–water partition coefficient (Wildman–Crippen LogP) is 4.51. The molecule has 3 heteroatoms. The highest BCUT2D eigenvalue weighted by Crippen LogP contribution is 2.54. The van der Waals surface area contributed by atoms with Crippen LogP contribution in [0.5, 0.6) is 0 Å². The summed E-state index contributed by atoms with van der Waals surface area (Å²) in [5, 5.41) is 7.86. The van der Waals surface area contributed by atoms with Crippen LogP contribution in [0.1, 0.15) is 31.2 Å². The third-order valence-electron chi connectivity index (χ3n) is 5.43. The van der Waals surface area contributed by atoms with E-state index in [0.717, 1.165) is 28.7 Å². The van der Waals surface area contributed by atoms with Crippen LogP contribution in [0.15, 0.2) is 65.0 Å². The first-order valence-electron chi connectivity index (χ1n) is 8.05. The van der Waals surface area contributed by atoms with Gasteiger partial charge >= 0.3 is 0 Å². The Bertz CT molecular complexity index is 800. The van der Waals surface area contributed by atoms with Gasteiger partial charge in [0.15, 0.2) is 0 Å². The van der Waals surface area contributed by atoms with Gasteiger partial charge in [0.25, 0.3) is 0 Å². The molecule has 1 N–H and O–H groups in total. The summed E-state index contributed by atoms with van der Waals surface area (Å²) in [6.07, 6.45) is 4.60. The molecule has 0 bridgehead atoms. The Balaban J connectivity index is 1.84. The van der Waals surface area contributed by atoms with Crippen molar-refractivity contribution < 1.29 is 9.18 Å².